The lowest BCUT2D eigenvalue weighted by Gasteiger charge is -2.24. The van der Waals surface area contributed by atoms with Crippen LogP contribution in [0, 0.1) is 6.92 Å². The van der Waals surface area contributed by atoms with Crippen LogP contribution in [0.5, 0.6) is 5.75 Å². The summed E-state index contributed by atoms with van der Waals surface area (Å²) < 4.78 is 11.5. The lowest BCUT2D eigenvalue weighted by molar-refractivity contribution is 0.0970. The van der Waals surface area contributed by atoms with Crippen LogP contribution in [-0.4, -0.2) is 17.5 Å². The van der Waals surface area contributed by atoms with E-state index in [0.29, 0.717) is 29.0 Å². The van der Waals surface area contributed by atoms with Crippen LogP contribution in [0.1, 0.15) is 40.2 Å². The minimum absolute atomic E-state index is 0.0610. The molecule has 1 aliphatic heterocycles. The Hall–Kier alpha value is -3.93. The summed E-state index contributed by atoms with van der Waals surface area (Å²) in [6.45, 7) is 4.39. The Morgan fingerprint density at radius 2 is 1.87 bits per heavy atom. The summed E-state index contributed by atoms with van der Waals surface area (Å²) in [7, 11) is 0. The minimum atomic E-state index is -0.644. The van der Waals surface area contributed by atoms with Gasteiger partial charge < -0.3 is 9.15 Å². The van der Waals surface area contributed by atoms with Gasteiger partial charge in [-0.1, -0.05) is 29.8 Å². The minimum Gasteiger partial charge on any atom is -0.494 e. The molecule has 3 heterocycles. The SMILES string of the molecule is CCOc1ccc([C@H]2c3c(oc4ccc(C)cc4c3=O)C(=O)N2c2ccccn2)cc1. The number of pyridine rings is 1. The number of anilines is 1. The molecule has 6 heteroatoms. The van der Waals surface area contributed by atoms with Crippen LogP contribution in [-0.2, 0) is 0 Å². The quantitative estimate of drug-likeness (QED) is 0.488. The van der Waals surface area contributed by atoms with E-state index in [0.717, 1.165) is 16.9 Å². The summed E-state index contributed by atoms with van der Waals surface area (Å²) in [5.74, 6) is 0.858. The van der Waals surface area contributed by atoms with Gasteiger partial charge in [0.1, 0.15) is 17.2 Å². The van der Waals surface area contributed by atoms with E-state index in [1.165, 1.54) is 4.90 Å². The van der Waals surface area contributed by atoms with E-state index < -0.39 is 6.04 Å². The molecule has 0 unspecified atom stereocenters. The van der Waals surface area contributed by atoms with Gasteiger partial charge in [0.2, 0.25) is 5.76 Å². The smallest absolute Gasteiger partial charge is 0.296 e. The van der Waals surface area contributed by atoms with E-state index in [1.807, 2.05) is 50.2 Å². The molecule has 0 bridgehead atoms. The van der Waals surface area contributed by atoms with Gasteiger partial charge in [0.15, 0.2) is 5.43 Å². The second kappa shape index (κ2) is 7.40. The van der Waals surface area contributed by atoms with Gasteiger partial charge in [-0.05, 0) is 55.8 Å². The number of carbonyl (C=O) groups is 1. The Balaban J connectivity index is 1.76. The summed E-state index contributed by atoms with van der Waals surface area (Å²) in [5, 5.41) is 0.463. The maximum Gasteiger partial charge on any atom is 0.296 e. The summed E-state index contributed by atoms with van der Waals surface area (Å²) in [6.07, 6.45) is 1.62. The maximum absolute atomic E-state index is 13.6. The van der Waals surface area contributed by atoms with Gasteiger partial charge in [-0.2, -0.15) is 0 Å². The van der Waals surface area contributed by atoms with Gasteiger partial charge in [0.05, 0.1) is 23.6 Å². The molecule has 2 aromatic heterocycles. The Bertz CT molecular complexity index is 1340. The van der Waals surface area contributed by atoms with Crippen molar-refractivity contribution in [1.82, 2.24) is 4.98 Å². The van der Waals surface area contributed by atoms with Crippen LogP contribution < -0.4 is 15.1 Å². The first kappa shape index (κ1) is 19.1. The molecule has 0 saturated heterocycles. The van der Waals surface area contributed by atoms with Gasteiger partial charge in [0, 0.05) is 6.20 Å². The van der Waals surface area contributed by atoms with Crippen molar-refractivity contribution in [1.29, 1.82) is 0 Å². The Labute approximate surface area is 178 Å². The Kier molecular flexibility index (Phi) is 4.55. The van der Waals surface area contributed by atoms with E-state index in [4.69, 9.17) is 9.15 Å². The molecule has 0 radical (unpaired) electrons. The molecule has 154 valence electrons. The van der Waals surface area contributed by atoms with Crippen molar-refractivity contribution in [2.24, 2.45) is 0 Å². The van der Waals surface area contributed by atoms with E-state index in [-0.39, 0.29) is 17.1 Å². The van der Waals surface area contributed by atoms with Crippen LogP contribution in [0.3, 0.4) is 0 Å². The molecule has 1 aliphatic rings. The number of hydrogen-bond donors (Lipinski definition) is 0. The molecule has 0 aliphatic carbocycles. The first-order valence-electron chi connectivity index (χ1n) is 10.1. The second-order valence-electron chi connectivity index (χ2n) is 7.44. The molecule has 6 nitrogen and oxygen atoms in total. The van der Waals surface area contributed by atoms with Crippen molar-refractivity contribution in [3.05, 3.63) is 99.5 Å². The van der Waals surface area contributed by atoms with Gasteiger partial charge in [0.25, 0.3) is 5.91 Å². The molecule has 0 N–H and O–H groups in total. The summed E-state index contributed by atoms with van der Waals surface area (Å²) in [6, 6.07) is 17.5. The monoisotopic (exact) mass is 412 g/mol. The van der Waals surface area contributed by atoms with E-state index in [1.54, 1.807) is 30.5 Å². The zero-order valence-electron chi connectivity index (χ0n) is 17.2. The van der Waals surface area contributed by atoms with Gasteiger partial charge in [-0.15, -0.1) is 0 Å². The van der Waals surface area contributed by atoms with Crippen molar-refractivity contribution in [3.63, 3.8) is 0 Å². The van der Waals surface area contributed by atoms with Crippen LogP contribution in [0.25, 0.3) is 11.0 Å². The van der Waals surface area contributed by atoms with Crippen molar-refractivity contribution >= 4 is 22.7 Å². The Morgan fingerprint density at radius 3 is 2.58 bits per heavy atom. The molecule has 5 rings (SSSR count). The number of carbonyl (C=O) groups excluding carboxylic acids is 1. The number of benzene rings is 2. The van der Waals surface area contributed by atoms with Crippen molar-refractivity contribution in [2.75, 3.05) is 11.5 Å². The zero-order valence-corrected chi connectivity index (χ0v) is 17.2. The Morgan fingerprint density at radius 1 is 1.06 bits per heavy atom. The topological polar surface area (TPSA) is 72.6 Å². The largest absolute Gasteiger partial charge is 0.494 e. The fourth-order valence-electron chi connectivity index (χ4n) is 4.05. The average Bonchev–Trinajstić information content (AvgIpc) is 3.08. The normalized spacial score (nSPS) is 15.4. The number of aryl methyl sites for hydroxylation is 1. The van der Waals surface area contributed by atoms with Crippen LogP contribution in [0.2, 0.25) is 0 Å². The molecule has 2 aromatic carbocycles. The summed E-state index contributed by atoms with van der Waals surface area (Å²) >= 11 is 0. The lowest BCUT2D eigenvalue weighted by atomic mass is 9.98. The van der Waals surface area contributed by atoms with Crippen LogP contribution >= 0.6 is 0 Å². The maximum atomic E-state index is 13.6. The van der Waals surface area contributed by atoms with E-state index >= 15 is 0 Å². The highest BCUT2D eigenvalue weighted by atomic mass is 16.5. The van der Waals surface area contributed by atoms with E-state index in [9.17, 15) is 9.59 Å². The number of ether oxygens (including phenoxy) is 1. The average molecular weight is 412 g/mol. The third kappa shape index (κ3) is 3.08. The molecule has 0 fully saturated rings. The molecular formula is C25H20N2O4. The summed E-state index contributed by atoms with van der Waals surface area (Å²) in [4.78, 5) is 32.9. The highest BCUT2D eigenvalue weighted by Gasteiger charge is 2.44. The first-order chi connectivity index (χ1) is 15.1. The predicted molar refractivity (Wildman–Crippen MR) is 118 cm³/mol. The zero-order chi connectivity index (χ0) is 21.5. The van der Waals surface area contributed by atoms with Crippen molar-refractivity contribution < 1.29 is 13.9 Å². The fourth-order valence-corrected chi connectivity index (χ4v) is 4.05. The molecule has 4 aromatic rings. The van der Waals surface area contributed by atoms with E-state index in [2.05, 4.69) is 4.98 Å². The first-order valence-corrected chi connectivity index (χ1v) is 10.1. The number of aromatic nitrogens is 1. The van der Waals surface area contributed by atoms with Gasteiger partial charge in [-0.25, -0.2) is 4.98 Å². The number of fused-ring (bicyclic) bond motifs is 2. The lowest BCUT2D eigenvalue weighted by Crippen LogP contribution is -2.30. The predicted octanol–water partition coefficient (Wildman–Crippen LogP) is 4.64. The van der Waals surface area contributed by atoms with Crippen LogP contribution in [0.4, 0.5) is 5.82 Å². The fraction of sp³-hybridized carbons (Fsp3) is 0.160. The van der Waals surface area contributed by atoms with Crippen molar-refractivity contribution in [3.8, 4) is 5.75 Å². The molecule has 31 heavy (non-hydrogen) atoms. The second-order valence-corrected chi connectivity index (χ2v) is 7.44. The number of rotatable bonds is 4. The molecular weight excluding hydrogens is 392 g/mol. The third-order valence-electron chi connectivity index (χ3n) is 5.43. The third-order valence-corrected chi connectivity index (χ3v) is 5.43. The summed E-state index contributed by atoms with van der Waals surface area (Å²) in [5.41, 5.74) is 2.25. The molecule has 0 saturated carbocycles. The number of nitrogens with zero attached hydrogens (tertiary/aromatic N) is 2. The number of hydrogen-bond acceptors (Lipinski definition) is 5. The van der Waals surface area contributed by atoms with Gasteiger partial charge >= 0.3 is 0 Å². The molecule has 0 spiro atoms. The van der Waals surface area contributed by atoms with Gasteiger partial charge in [-0.3, -0.25) is 14.5 Å². The molecule has 1 atom stereocenters. The standard InChI is InChI=1S/C25H20N2O4/c1-3-30-17-10-8-16(9-11-17)22-21-23(28)18-14-15(2)7-12-19(18)31-24(21)25(29)27(22)20-6-4-5-13-26-20/h4-14,22H,3H2,1-2H3/t22-/m0/s1. The highest BCUT2D eigenvalue weighted by molar-refractivity contribution is 6.10. The highest BCUT2D eigenvalue weighted by Crippen LogP contribution is 2.40. The number of amides is 1. The van der Waals surface area contributed by atoms with Crippen molar-refractivity contribution in [2.45, 2.75) is 19.9 Å². The van der Waals surface area contributed by atoms with Crippen LogP contribution in [0.15, 0.2) is 76.1 Å². The molecule has 1 amide bonds.